The molecular weight excluding hydrogens is 536 g/mol. The molecule has 2 atom stereocenters. The van der Waals surface area contributed by atoms with E-state index in [4.69, 9.17) is 10.5 Å². The van der Waals surface area contributed by atoms with E-state index in [2.05, 4.69) is 11.4 Å². The molecule has 3 amide bonds. The molecule has 4 saturated heterocycles. The van der Waals surface area contributed by atoms with E-state index in [0.29, 0.717) is 5.75 Å². The van der Waals surface area contributed by atoms with Gasteiger partial charge in [0.15, 0.2) is 0 Å². The molecule has 0 radical (unpaired) electrons. The van der Waals surface area contributed by atoms with Crippen molar-refractivity contribution in [1.29, 1.82) is 0 Å². The zero-order valence-electron chi connectivity index (χ0n) is 22.7. The highest BCUT2D eigenvalue weighted by Crippen LogP contribution is 2.44. The summed E-state index contributed by atoms with van der Waals surface area (Å²) in [4.78, 5) is 53.6. The normalized spacial score (nSPS) is 30.2. The number of β-lactam (4-membered cyclic amide) rings is 1. The lowest BCUT2D eigenvalue weighted by molar-refractivity contribution is -0.939. The van der Waals surface area contributed by atoms with E-state index in [0.717, 1.165) is 60.4 Å². The highest BCUT2D eigenvalue weighted by molar-refractivity contribution is 8.00. The second kappa shape index (κ2) is 10.4. The molecule has 1 aromatic heterocycles. The summed E-state index contributed by atoms with van der Waals surface area (Å²) in [6.07, 6.45) is 6.73. The molecule has 1 aromatic rings. The monoisotopic (exact) mass is 573 g/mol. The number of fused-ring (bicyclic) bond motifs is 4. The van der Waals surface area contributed by atoms with Crippen molar-refractivity contribution in [2.75, 3.05) is 31.9 Å². The van der Waals surface area contributed by atoms with Crippen LogP contribution < -0.4 is 11.1 Å². The van der Waals surface area contributed by atoms with Crippen LogP contribution in [-0.2, 0) is 30.3 Å². The van der Waals surface area contributed by atoms with E-state index < -0.39 is 17.6 Å². The fraction of sp³-hybridized carbons (Fsp3) is 0.571. The van der Waals surface area contributed by atoms with Gasteiger partial charge in [-0.3, -0.25) is 19.3 Å². The van der Waals surface area contributed by atoms with Crippen molar-refractivity contribution in [3.8, 4) is 0 Å². The van der Waals surface area contributed by atoms with Crippen molar-refractivity contribution in [3.63, 3.8) is 0 Å². The van der Waals surface area contributed by atoms with E-state index in [1.165, 1.54) is 16.2 Å². The first kappa shape index (κ1) is 27.9. The SMILES string of the molecule is CC(C)(C)OC(=O)C1=C(/C=C/C[N+]23CCC(C(N)=O)(CC2)CC3)CS[C@H]2[C@H](NC(=O)Cc3cccs3)C(=O)N12. The number of ether oxygens (including phenoxy) is 1. The van der Waals surface area contributed by atoms with Gasteiger partial charge in [0.2, 0.25) is 11.8 Å². The molecule has 210 valence electrons. The Kier molecular flexibility index (Phi) is 7.45. The molecule has 6 heterocycles. The lowest BCUT2D eigenvalue weighted by Gasteiger charge is -2.53. The Morgan fingerprint density at radius 2 is 1.92 bits per heavy atom. The molecule has 6 rings (SSSR count). The van der Waals surface area contributed by atoms with Crippen LogP contribution >= 0.6 is 23.1 Å². The highest BCUT2D eigenvalue weighted by atomic mass is 32.2. The topological polar surface area (TPSA) is 119 Å². The van der Waals surface area contributed by atoms with Crippen LogP contribution in [0.3, 0.4) is 0 Å². The van der Waals surface area contributed by atoms with Gasteiger partial charge in [-0.2, -0.15) is 0 Å². The van der Waals surface area contributed by atoms with Crippen LogP contribution in [-0.4, -0.2) is 82.0 Å². The molecule has 11 heteroatoms. The van der Waals surface area contributed by atoms with Crippen LogP contribution in [0.15, 0.2) is 40.9 Å². The van der Waals surface area contributed by atoms with E-state index >= 15 is 0 Å². The average molecular weight is 574 g/mol. The Morgan fingerprint density at radius 1 is 1.23 bits per heavy atom. The zero-order valence-corrected chi connectivity index (χ0v) is 24.4. The number of hydrogen-bond donors (Lipinski definition) is 2. The molecule has 0 aromatic carbocycles. The fourth-order valence-electron chi connectivity index (χ4n) is 6.01. The molecule has 4 fully saturated rings. The third-order valence-corrected chi connectivity index (χ3v) is 10.5. The second-order valence-corrected chi connectivity index (χ2v) is 14.2. The van der Waals surface area contributed by atoms with E-state index in [1.54, 1.807) is 32.5 Å². The van der Waals surface area contributed by atoms with E-state index in [1.807, 2.05) is 23.6 Å². The lowest BCUT2D eigenvalue weighted by Crippen LogP contribution is -2.70. The fourth-order valence-corrected chi connectivity index (χ4v) is 8.03. The number of nitrogens with two attached hydrogens (primary N) is 1. The summed E-state index contributed by atoms with van der Waals surface area (Å²) in [6, 6.07) is 3.11. The third-order valence-electron chi connectivity index (χ3n) is 8.35. The van der Waals surface area contributed by atoms with Crippen LogP contribution in [0.5, 0.6) is 0 Å². The summed E-state index contributed by atoms with van der Waals surface area (Å²) in [5.74, 6) is -0.672. The molecule has 3 N–H and O–H groups in total. The number of nitrogens with one attached hydrogen (secondary N) is 1. The summed E-state index contributed by atoms with van der Waals surface area (Å²) in [5.41, 5.74) is 5.68. The largest absolute Gasteiger partial charge is 0.455 e. The number of primary amides is 1. The predicted octanol–water partition coefficient (Wildman–Crippen LogP) is 2.33. The molecular formula is C28H37N4O5S2+. The lowest BCUT2D eigenvalue weighted by atomic mass is 9.70. The first-order chi connectivity index (χ1) is 18.4. The van der Waals surface area contributed by atoms with E-state index in [9.17, 15) is 19.2 Å². The maximum Gasteiger partial charge on any atom is 0.355 e. The molecule has 0 spiro atoms. The summed E-state index contributed by atoms with van der Waals surface area (Å²) >= 11 is 3.04. The number of thiophene rings is 1. The van der Waals surface area contributed by atoms with Gasteiger partial charge in [-0.15, -0.1) is 23.1 Å². The first-order valence-corrected chi connectivity index (χ1v) is 15.4. The minimum Gasteiger partial charge on any atom is -0.455 e. The van der Waals surface area contributed by atoms with Gasteiger partial charge in [0.05, 0.1) is 38.0 Å². The Hall–Kier alpha value is -2.63. The maximum absolute atomic E-state index is 13.3. The van der Waals surface area contributed by atoms with Crippen molar-refractivity contribution in [3.05, 3.63) is 45.8 Å². The van der Waals surface area contributed by atoms with Crippen molar-refractivity contribution in [1.82, 2.24) is 10.2 Å². The van der Waals surface area contributed by atoms with Crippen molar-refractivity contribution >= 4 is 46.8 Å². The number of carbonyl (C=O) groups is 4. The average Bonchev–Trinajstić information content (AvgIpc) is 3.39. The van der Waals surface area contributed by atoms with E-state index in [-0.39, 0.29) is 40.6 Å². The van der Waals surface area contributed by atoms with Crippen molar-refractivity contribution in [2.45, 2.75) is 63.5 Å². The standard InChI is InChI=1S/C28H36N4O5S2/c1-27(2,3)37-25(35)22-18(6-4-11-32-12-8-28(9-13-32,10-14-32)26(29)36)17-39-24-21(23(34)31(22)24)30-20(33)16-19-7-5-15-38-19/h4-7,15,21,24H,8-14,16-17H2,1-3H3,(H2-,29,30,33,36)/p+1/b6-4+/t21-,24+,28?,32?/m1/s1. The molecule has 5 aliphatic heterocycles. The Labute approximate surface area is 237 Å². The Balaban J connectivity index is 1.31. The van der Waals surface area contributed by atoms with Gasteiger partial charge in [0.25, 0.3) is 5.91 Å². The van der Waals surface area contributed by atoms with Gasteiger partial charge in [-0.25, -0.2) is 4.79 Å². The molecule has 0 unspecified atom stereocenters. The summed E-state index contributed by atoms with van der Waals surface area (Å²) in [6.45, 7) is 8.95. The minimum absolute atomic E-state index is 0.170. The number of piperidine rings is 3. The highest BCUT2D eigenvalue weighted by Gasteiger charge is 2.55. The maximum atomic E-state index is 13.3. The number of thioether (sulfide) groups is 1. The first-order valence-electron chi connectivity index (χ1n) is 13.5. The molecule has 5 aliphatic rings. The van der Waals surface area contributed by atoms with Crippen LogP contribution in [0.25, 0.3) is 0 Å². The number of hydrogen-bond acceptors (Lipinski definition) is 7. The predicted molar refractivity (Wildman–Crippen MR) is 150 cm³/mol. The van der Waals surface area contributed by atoms with Gasteiger partial charge in [-0.1, -0.05) is 12.1 Å². The smallest absolute Gasteiger partial charge is 0.355 e. The zero-order chi connectivity index (χ0) is 28.0. The van der Waals surface area contributed by atoms with Crippen molar-refractivity contribution < 1.29 is 28.4 Å². The third kappa shape index (κ3) is 5.53. The summed E-state index contributed by atoms with van der Waals surface area (Å²) in [7, 11) is 0. The van der Waals surface area contributed by atoms with Gasteiger partial charge < -0.3 is 20.3 Å². The van der Waals surface area contributed by atoms with Crippen LogP contribution in [0.2, 0.25) is 0 Å². The number of allylic oxidation sites excluding steroid dienone is 1. The molecule has 39 heavy (non-hydrogen) atoms. The number of esters is 1. The number of nitrogens with zero attached hydrogens (tertiary/aromatic N) is 2. The van der Waals surface area contributed by atoms with Crippen LogP contribution in [0.1, 0.15) is 44.9 Å². The molecule has 0 aliphatic carbocycles. The Morgan fingerprint density at radius 3 is 2.51 bits per heavy atom. The number of carbonyl (C=O) groups excluding carboxylic acids is 4. The summed E-state index contributed by atoms with van der Waals surface area (Å²) < 4.78 is 6.62. The molecule has 0 saturated carbocycles. The molecule has 9 nitrogen and oxygen atoms in total. The van der Waals surface area contributed by atoms with Gasteiger partial charge in [0.1, 0.15) is 22.7 Å². The van der Waals surface area contributed by atoms with Gasteiger partial charge >= 0.3 is 5.97 Å². The van der Waals surface area contributed by atoms with Crippen LogP contribution in [0.4, 0.5) is 0 Å². The number of amides is 3. The molecule has 2 bridgehead atoms. The van der Waals surface area contributed by atoms with Crippen molar-refractivity contribution in [2.24, 2.45) is 11.1 Å². The summed E-state index contributed by atoms with van der Waals surface area (Å²) in [5, 5.41) is 4.43. The number of quaternary nitrogens is 1. The second-order valence-electron chi connectivity index (χ2n) is 12.1. The number of rotatable bonds is 8. The quantitative estimate of drug-likeness (QED) is 0.280. The van der Waals surface area contributed by atoms with Crippen LogP contribution in [0, 0.1) is 5.41 Å². The Bertz CT molecular complexity index is 1210. The van der Waals surface area contributed by atoms with Gasteiger partial charge in [-0.05, 0) is 43.9 Å². The minimum atomic E-state index is -0.714. The van der Waals surface area contributed by atoms with Gasteiger partial charge in [0, 0.05) is 29.9 Å².